The van der Waals surface area contributed by atoms with Crippen molar-refractivity contribution in [2.24, 2.45) is 0 Å². The van der Waals surface area contributed by atoms with Gasteiger partial charge in [-0.2, -0.15) is 0 Å². The molecule has 4 nitrogen and oxygen atoms in total. The Kier molecular flexibility index (Phi) is 9.52. The van der Waals surface area contributed by atoms with Crippen molar-refractivity contribution in [1.82, 2.24) is 0 Å². The first-order chi connectivity index (χ1) is 7.74. The van der Waals surface area contributed by atoms with Gasteiger partial charge >= 0.3 is 0 Å². The van der Waals surface area contributed by atoms with E-state index in [4.69, 9.17) is 15.3 Å². The summed E-state index contributed by atoms with van der Waals surface area (Å²) in [6.45, 7) is 7.80. The molecular weight excluding hydrogens is 206 g/mol. The minimum Gasteiger partial charge on any atom is -0.396 e. The molecule has 0 spiro atoms. The Morgan fingerprint density at radius 2 is 1.19 bits per heavy atom. The zero-order valence-electron chi connectivity index (χ0n) is 10.1. The molecular formula is C12H26NO3+. The van der Waals surface area contributed by atoms with Crippen LogP contribution in [0.1, 0.15) is 19.3 Å². The molecule has 0 aromatic rings. The quantitative estimate of drug-likeness (QED) is 0.351. The monoisotopic (exact) mass is 232 g/mol. The number of rotatable bonds is 11. The number of hydrogen-bond acceptors (Lipinski definition) is 3. The second-order valence-electron chi connectivity index (χ2n) is 4.22. The molecule has 0 saturated heterocycles. The Labute approximate surface area is 98.4 Å². The molecule has 0 aromatic heterocycles. The highest BCUT2D eigenvalue weighted by molar-refractivity contribution is 4.66. The zero-order chi connectivity index (χ0) is 12.3. The van der Waals surface area contributed by atoms with Crippen molar-refractivity contribution in [3.63, 3.8) is 0 Å². The van der Waals surface area contributed by atoms with E-state index in [9.17, 15) is 0 Å². The van der Waals surface area contributed by atoms with Crippen LogP contribution in [0.4, 0.5) is 0 Å². The molecule has 96 valence electrons. The summed E-state index contributed by atoms with van der Waals surface area (Å²) < 4.78 is 0.811. The van der Waals surface area contributed by atoms with E-state index in [1.807, 2.05) is 6.08 Å². The molecule has 0 aromatic carbocycles. The van der Waals surface area contributed by atoms with Gasteiger partial charge < -0.3 is 19.8 Å². The predicted molar refractivity (Wildman–Crippen MR) is 65.0 cm³/mol. The number of nitrogens with zero attached hydrogens (tertiary/aromatic N) is 1. The molecule has 4 heteroatoms. The van der Waals surface area contributed by atoms with Gasteiger partial charge in [-0.3, -0.25) is 0 Å². The number of hydrogen-bond donors (Lipinski definition) is 3. The average Bonchev–Trinajstić information content (AvgIpc) is 2.31. The zero-order valence-corrected chi connectivity index (χ0v) is 10.1. The van der Waals surface area contributed by atoms with E-state index >= 15 is 0 Å². The Bertz CT molecular complexity index is 152. The third-order valence-corrected chi connectivity index (χ3v) is 2.89. The highest BCUT2D eigenvalue weighted by Crippen LogP contribution is 2.11. The summed E-state index contributed by atoms with van der Waals surface area (Å²) in [4.78, 5) is 0. The fraction of sp³-hybridized carbons (Fsp3) is 0.833. The summed E-state index contributed by atoms with van der Waals surface area (Å²) in [5, 5.41) is 26.7. The highest BCUT2D eigenvalue weighted by Gasteiger charge is 2.24. The molecule has 0 aliphatic rings. The molecule has 0 heterocycles. The van der Waals surface area contributed by atoms with Gasteiger partial charge in [-0.1, -0.05) is 6.58 Å². The Hall–Kier alpha value is -0.420. The largest absolute Gasteiger partial charge is 0.396 e. The van der Waals surface area contributed by atoms with Crippen LogP contribution in [0.3, 0.4) is 0 Å². The normalized spacial score (nSPS) is 11.7. The van der Waals surface area contributed by atoms with Gasteiger partial charge in [0, 0.05) is 39.1 Å². The van der Waals surface area contributed by atoms with Crippen LogP contribution in [0.5, 0.6) is 0 Å². The molecule has 0 bridgehead atoms. The molecule has 0 atom stereocenters. The molecule has 0 amide bonds. The maximum Gasteiger partial charge on any atom is 0.0971 e. The minimum atomic E-state index is 0.190. The van der Waals surface area contributed by atoms with Gasteiger partial charge in [0.2, 0.25) is 0 Å². The second kappa shape index (κ2) is 9.78. The van der Waals surface area contributed by atoms with Crippen molar-refractivity contribution in [2.45, 2.75) is 19.3 Å². The standard InChI is InChI=1S/C12H26NO3/c1-2-6-13(7-3-10-14,8-4-11-15)9-5-12-16/h2,14-16H,1,3-12H2/q+1. The smallest absolute Gasteiger partial charge is 0.0971 e. The average molecular weight is 232 g/mol. The Morgan fingerprint density at radius 1 is 0.812 bits per heavy atom. The van der Waals surface area contributed by atoms with E-state index in [1.54, 1.807) is 0 Å². The topological polar surface area (TPSA) is 60.7 Å². The molecule has 0 aliphatic heterocycles. The van der Waals surface area contributed by atoms with Gasteiger partial charge in [-0.15, -0.1) is 0 Å². The molecule has 0 radical (unpaired) electrons. The van der Waals surface area contributed by atoms with Crippen LogP contribution < -0.4 is 0 Å². The molecule has 3 N–H and O–H groups in total. The maximum absolute atomic E-state index is 8.91. The van der Waals surface area contributed by atoms with Crippen LogP contribution in [-0.2, 0) is 0 Å². The van der Waals surface area contributed by atoms with Crippen LogP contribution in [-0.4, -0.2) is 65.8 Å². The van der Waals surface area contributed by atoms with E-state index in [0.29, 0.717) is 0 Å². The van der Waals surface area contributed by atoms with Gasteiger partial charge in [0.15, 0.2) is 0 Å². The van der Waals surface area contributed by atoms with Crippen LogP contribution in [0.15, 0.2) is 12.7 Å². The van der Waals surface area contributed by atoms with E-state index < -0.39 is 0 Å². The first kappa shape index (κ1) is 15.6. The number of aliphatic hydroxyl groups excluding tert-OH is 3. The van der Waals surface area contributed by atoms with Crippen molar-refractivity contribution in [3.8, 4) is 0 Å². The summed E-state index contributed by atoms with van der Waals surface area (Å²) in [5.41, 5.74) is 0. The highest BCUT2D eigenvalue weighted by atomic mass is 16.3. The van der Waals surface area contributed by atoms with Crippen molar-refractivity contribution in [2.75, 3.05) is 46.0 Å². The first-order valence-corrected chi connectivity index (χ1v) is 6.03. The molecule has 16 heavy (non-hydrogen) atoms. The van der Waals surface area contributed by atoms with Gasteiger partial charge in [0.05, 0.1) is 26.2 Å². The molecule has 0 aliphatic carbocycles. The van der Waals surface area contributed by atoms with E-state index in [2.05, 4.69) is 6.58 Å². The van der Waals surface area contributed by atoms with Gasteiger partial charge in [0.25, 0.3) is 0 Å². The van der Waals surface area contributed by atoms with Gasteiger partial charge in [-0.25, -0.2) is 0 Å². The summed E-state index contributed by atoms with van der Waals surface area (Å²) >= 11 is 0. The van der Waals surface area contributed by atoms with E-state index in [0.717, 1.165) is 49.9 Å². The Balaban J connectivity index is 4.37. The SMILES string of the molecule is C=CC[N+](CCCO)(CCCO)CCCO. The third-order valence-electron chi connectivity index (χ3n) is 2.89. The molecule has 0 rings (SSSR count). The Morgan fingerprint density at radius 3 is 1.44 bits per heavy atom. The lowest BCUT2D eigenvalue weighted by Gasteiger charge is -2.38. The summed E-state index contributed by atoms with van der Waals surface area (Å²) in [7, 11) is 0. The van der Waals surface area contributed by atoms with Crippen molar-refractivity contribution in [3.05, 3.63) is 12.7 Å². The van der Waals surface area contributed by atoms with Gasteiger partial charge in [0.1, 0.15) is 0 Å². The second-order valence-corrected chi connectivity index (χ2v) is 4.22. The van der Waals surface area contributed by atoms with Crippen LogP contribution in [0.25, 0.3) is 0 Å². The van der Waals surface area contributed by atoms with E-state index in [-0.39, 0.29) is 19.8 Å². The van der Waals surface area contributed by atoms with E-state index in [1.165, 1.54) is 0 Å². The lowest BCUT2D eigenvalue weighted by molar-refractivity contribution is -0.923. The summed E-state index contributed by atoms with van der Waals surface area (Å²) in [6.07, 6.45) is 4.15. The van der Waals surface area contributed by atoms with Crippen LogP contribution >= 0.6 is 0 Å². The molecule has 0 saturated carbocycles. The maximum atomic E-state index is 8.91. The lowest BCUT2D eigenvalue weighted by atomic mass is 10.2. The van der Waals surface area contributed by atoms with Gasteiger partial charge in [-0.05, 0) is 6.08 Å². The third kappa shape index (κ3) is 6.23. The fourth-order valence-corrected chi connectivity index (χ4v) is 2.10. The van der Waals surface area contributed by atoms with Crippen LogP contribution in [0.2, 0.25) is 0 Å². The van der Waals surface area contributed by atoms with Crippen molar-refractivity contribution in [1.29, 1.82) is 0 Å². The van der Waals surface area contributed by atoms with Crippen LogP contribution in [0, 0.1) is 0 Å². The minimum absolute atomic E-state index is 0.190. The van der Waals surface area contributed by atoms with Crippen molar-refractivity contribution < 1.29 is 19.8 Å². The summed E-state index contributed by atoms with van der Waals surface area (Å²) in [6, 6.07) is 0. The lowest BCUT2D eigenvalue weighted by Crippen LogP contribution is -2.51. The molecule has 0 unspecified atom stereocenters. The molecule has 0 fully saturated rings. The summed E-state index contributed by atoms with van der Waals surface area (Å²) in [5.74, 6) is 0. The number of aliphatic hydroxyl groups is 3. The fourth-order valence-electron chi connectivity index (χ4n) is 2.10. The number of quaternary nitrogens is 1. The predicted octanol–water partition coefficient (Wildman–Crippen LogP) is 0.136. The van der Waals surface area contributed by atoms with Crippen molar-refractivity contribution >= 4 is 0 Å². The first-order valence-electron chi connectivity index (χ1n) is 6.03.